The highest BCUT2D eigenvalue weighted by Gasteiger charge is 2.15. The second kappa shape index (κ2) is 8.79. The molecule has 8 heteroatoms. The molecule has 0 bridgehead atoms. The number of carbonyl (C=O) groups excluding carboxylic acids is 1. The van der Waals surface area contributed by atoms with Crippen molar-refractivity contribution >= 4 is 23.5 Å². The minimum absolute atomic E-state index is 0.0461. The Morgan fingerprint density at radius 3 is 2.66 bits per heavy atom. The first-order valence-corrected chi connectivity index (χ1v) is 9.22. The Kier molecular flexibility index (Phi) is 6.19. The number of carboxylic acid groups (broad SMARTS) is 1. The number of hydrogen-bond donors (Lipinski definition) is 2. The molecule has 1 heterocycles. The minimum atomic E-state index is -1.09. The van der Waals surface area contributed by atoms with Crippen molar-refractivity contribution in [1.82, 2.24) is 15.1 Å². The summed E-state index contributed by atoms with van der Waals surface area (Å²) in [6.45, 7) is 2.44. The van der Waals surface area contributed by atoms with E-state index in [4.69, 9.17) is 16.3 Å². The molecule has 0 radical (unpaired) electrons. The third kappa shape index (κ3) is 4.94. The van der Waals surface area contributed by atoms with Crippen molar-refractivity contribution in [2.24, 2.45) is 0 Å². The summed E-state index contributed by atoms with van der Waals surface area (Å²) in [6.07, 6.45) is 1.68. The summed E-state index contributed by atoms with van der Waals surface area (Å²) in [5, 5.41) is 17.1. The molecule has 2 aromatic carbocycles. The lowest BCUT2D eigenvalue weighted by molar-refractivity contribution is 0.0693. The summed E-state index contributed by atoms with van der Waals surface area (Å²) in [4.78, 5) is 23.9. The van der Waals surface area contributed by atoms with Gasteiger partial charge in [0.1, 0.15) is 11.3 Å². The number of methoxy groups -OCH3 is 1. The van der Waals surface area contributed by atoms with Crippen molar-refractivity contribution < 1.29 is 19.4 Å². The number of halogens is 1. The monoisotopic (exact) mass is 413 g/mol. The fourth-order valence-electron chi connectivity index (χ4n) is 2.95. The number of nitrogens with zero attached hydrogens (tertiary/aromatic N) is 2. The molecule has 0 fully saturated rings. The maximum absolute atomic E-state index is 12.6. The molecule has 0 aliphatic rings. The molecule has 0 aliphatic carbocycles. The quantitative estimate of drug-likeness (QED) is 0.618. The molecule has 29 heavy (non-hydrogen) atoms. The van der Waals surface area contributed by atoms with Crippen LogP contribution in [0.2, 0.25) is 5.02 Å². The van der Waals surface area contributed by atoms with Crippen LogP contribution in [-0.4, -0.2) is 33.9 Å². The maximum Gasteiger partial charge on any atom is 0.339 e. The van der Waals surface area contributed by atoms with E-state index in [0.29, 0.717) is 28.4 Å². The van der Waals surface area contributed by atoms with Crippen molar-refractivity contribution in [3.63, 3.8) is 0 Å². The van der Waals surface area contributed by atoms with E-state index in [2.05, 4.69) is 10.4 Å². The molecule has 7 nitrogen and oxygen atoms in total. The first-order valence-electron chi connectivity index (χ1n) is 8.84. The van der Waals surface area contributed by atoms with Crippen LogP contribution in [0.4, 0.5) is 0 Å². The van der Waals surface area contributed by atoms with Crippen molar-refractivity contribution in [2.75, 3.05) is 7.11 Å². The topological polar surface area (TPSA) is 93.5 Å². The number of aryl methyl sites for hydroxylation is 1. The van der Waals surface area contributed by atoms with Crippen molar-refractivity contribution in [3.05, 3.63) is 81.6 Å². The SMILES string of the molecule is COc1ccc(CNC(=O)c2cn(Cc3cccc(Cl)c3)nc2C)cc1C(=O)O. The largest absolute Gasteiger partial charge is 0.496 e. The van der Waals surface area contributed by atoms with E-state index < -0.39 is 5.97 Å². The van der Waals surface area contributed by atoms with Crippen LogP contribution in [0.1, 0.15) is 37.5 Å². The zero-order chi connectivity index (χ0) is 21.0. The maximum atomic E-state index is 12.6. The lowest BCUT2D eigenvalue weighted by atomic mass is 10.1. The van der Waals surface area contributed by atoms with Crippen LogP contribution < -0.4 is 10.1 Å². The van der Waals surface area contributed by atoms with Gasteiger partial charge in [0.2, 0.25) is 0 Å². The number of amides is 1. The second-order valence-corrected chi connectivity index (χ2v) is 6.91. The third-order valence-electron chi connectivity index (χ3n) is 4.37. The van der Waals surface area contributed by atoms with E-state index in [1.54, 1.807) is 36.0 Å². The summed E-state index contributed by atoms with van der Waals surface area (Å²) in [5.74, 6) is -1.11. The van der Waals surface area contributed by atoms with Crippen LogP contribution in [0, 0.1) is 6.92 Å². The Bertz CT molecular complexity index is 1060. The molecular formula is C21H20ClN3O4. The Hall–Kier alpha value is -3.32. The Labute approximate surface area is 172 Å². The fourth-order valence-corrected chi connectivity index (χ4v) is 3.17. The number of benzene rings is 2. The Morgan fingerprint density at radius 2 is 1.97 bits per heavy atom. The van der Waals surface area contributed by atoms with Crippen molar-refractivity contribution in [1.29, 1.82) is 0 Å². The highest BCUT2D eigenvalue weighted by Crippen LogP contribution is 2.20. The lowest BCUT2D eigenvalue weighted by Crippen LogP contribution is -2.23. The van der Waals surface area contributed by atoms with Crippen LogP contribution in [0.3, 0.4) is 0 Å². The van der Waals surface area contributed by atoms with Gasteiger partial charge in [-0.1, -0.05) is 29.8 Å². The second-order valence-electron chi connectivity index (χ2n) is 6.48. The predicted molar refractivity (Wildman–Crippen MR) is 109 cm³/mol. The molecule has 0 saturated carbocycles. The average Bonchev–Trinajstić information content (AvgIpc) is 3.06. The molecule has 1 aromatic heterocycles. The Balaban J connectivity index is 1.69. The van der Waals surface area contributed by atoms with E-state index in [1.807, 2.05) is 18.2 Å². The molecule has 1 amide bonds. The first-order chi connectivity index (χ1) is 13.9. The molecule has 0 saturated heterocycles. The van der Waals surface area contributed by atoms with Crippen molar-refractivity contribution in [2.45, 2.75) is 20.0 Å². The van der Waals surface area contributed by atoms with Crippen molar-refractivity contribution in [3.8, 4) is 5.75 Å². The van der Waals surface area contributed by atoms with E-state index in [9.17, 15) is 14.7 Å². The summed E-state index contributed by atoms with van der Waals surface area (Å²) < 4.78 is 6.73. The number of rotatable bonds is 7. The van der Waals surface area contributed by atoms with Crippen LogP contribution in [0.5, 0.6) is 5.75 Å². The minimum Gasteiger partial charge on any atom is -0.496 e. The lowest BCUT2D eigenvalue weighted by Gasteiger charge is -2.09. The van der Waals surface area contributed by atoms with Gasteiger partial charge >= 0.3 is 5.97 Å². The van der Waals surface area contributed by atoms with Gasteiger partial charge in [-0.2, -0.15) is 5.10 Å². The molecule has 0 aliphatic heterocycles. The molecule has 0 atom stereocenters. The normalized spacial score (nSPS) is 10.6. The van der Waals surface area contributed by atoms with Gasteiger partial charge in [-0.15, -0.1) is 0 Å². The first kappa shape index (κ1) is 20.4. The van der Waals surface area contributed by atoms with Gasteiger partial charge in [0.25, 0.3) is 5.91 Å². The molecule has 3 aromatic rings. The van der Waals surface area contributed by atoms with Crippen LogP contribution in [0.25, 0.3) is 0 Å². The summed E-state index contributed by atoms with van der Waals surface area (Å²) in [5.41, 5.74) is 2.74. The fraction of sp³-hybridized carbons (Fsp3) is 0.190. The molecule has 150 valence electrons. The van der Waals surface area contributed by atoms with Gasteiger partial charge < -0.3 is 15.2 Å². The predicted octanol–water partition coefficient (Wildman–Crippen LogP) is 3.53. The third-order valence-corrected chi connectivity index (χ3v) is 4.61. The standard InChI is InChI=1S/C21H20ClN3O4/c1-13-18(12-25(24-13)11-15-4-3-5-16(22)8-15)20(26)23-10-14-6-7-19(29-2)17(9-14)21(27)28/h3-9,12H,10-11H2,1-2H3,(H,23,26)(H,27,28). The molecule has 0 spiro atoms. The highest BCUT2D eigenvalue weighted by atomic mass is 35.5. The van der Waals surface area contributed by atoms with E-state index in [1.165, 1.54) is 13.2 Å². The van der Waals surface area contributed by atoms with E-state index in [0.717, 1.165) is 5.56 Å². The number of ether oxygens (including phenoxy) is 1. The van der Waals surface area contributed by atoms with E-state index >= 15 is 0 Å². The summed E-state index contributed by atoms with van der Waals surface area (Å²) >= 11 is 6.01. The summed E-state index contributed by atoms with van der Waals surface area (Å²) in [7, 11) is 1.41. The number of aromatic carboxylic acids is 1. The molecular weight excluding hydrogens is 394 g/mol. The highest BCUT2D eigenvalue weighted by molar-refractivity contribution is 6.30. The van der Waals surface area contributed by atoms with Gasteiger partial charge in [-0.05, 0) is 42.3 Å². The van der Waals surface area contributed by atoms with Crippen LogP contribution in [-0.2, 0) is 13.1 Å². The van der Waals surface area contributed by atoms with Crippen LogP contribution in [0.15, 0.2) is 48.7 Å². The smallest absolute Gasteiger partial charge is 0.339 e. The number of carboxylic acids is 1. The number of aromatic nitrogens is 2. The van der Waals surface area contributed by atoms with Gasteiger partial charge in [0, 0.05) is 17.8 Å². The van der Waals surface area contributed by atoms with Gasteiger partial charge in [-0.3, -0.25) is 9.48 Å². The zero-order valence-corrected chi connectivity index (χ0v) is 16.7. The molecule has 2 N–H and O–H groups in total. The number of hydrogen-bond acceptors (Lipinski definition) is 4. The molecule has 3 rings (SSSR count). The van der Waals surface area contributed by atoms with E-state index in [-0.39, 0.29) is 23.8 Å². The number of nitrogens with one attached hydrogen (secondary N) is 1. The van der Waals surface area contributed by atoms with Gasteiger partial charge in [0.15, 0.2) is 0 Å². The Morgan fingerprint density at radius 1 is 1.17 bits per heavy atom. The summed E-state index contributed by atoms with van der Waals surface area (Å²) in [6, 6.07) is 12.2. The van der Waals surface area contributed by atoms with Gasteiger partial charge in [-0.25, -0.2) is 4.79 Å². The number of carbonyl (C=O) groups is 2. The molecule has 0 unspecified atom stereocenters. The van der Waals surface area contributed by atoms with Gasteiger partial charge in [0.05, 0.1) is 24.9 Å². The van der Waals surface area contributed by atoms with Crippen LogP contribution >= 0.6 is 11.6 Å². The zero-order valence-electron chi connectivity index (χ0n) is 16.0. The average molecular weight is 414 g/mol.